The van der Waals surface area contributed by atoms with Gasteiger partial charge in [0.1, 0.15) is 5.03 Å². The van der Waals surface area contributed by atoms with Crippen LogP contribution >= 0.6 is 11.8 Å². The number of carbonyl (C=O) groups excluding carboxylic acids is 1. The number of hydrogen-bond donors (Lipinski definition) is 0. The normalized spacial score (nSPS) is 11.0. The Morgan fingerprint density at radius 1 is 1.27 bits per heavy atom. The monoisotopic (exact) mass is 317 g/mol. The summed E-state index contributed by atoms with van der Waals surface area (Å²) in [5.41, 5.74) is 1.31. The van der Waals surface area contributed by atoms with Gasteiger partial charge in [-0.1, -0.05) is 37.7 Å². The Morgan fingerprint density at radius 3 is 2.64 bits per heavy atom. The topological polar surface area (TPSA) is 38.1 Å². The van der Waals surface area contributed by atoms with E-state index in [9.17, 15) is 4.79 Å². The van der Waals surface area contributed by atoms with Gasteiger partial charge in [-0.25, -0.2) is 4.79 Å². The van der Waals surface area contributed by atoms with Crippen molar-refractivity contribution in [3.63, 3.8) is 0 Å². The first kappa shape index (κ1) is 16.6. The molecule has 0 fully saturated rings. The lowest BCUT2D eigenvalue weighted by molar-refractivity contribution is 0.201. The van der Waals surface area contributed by atoms with Crippen LogP contribution in [0.4, 0.5) is 4.79 Å². The van der Waals surface area contributed by atoms with E-state index >= 15 is 0 Å². The van der Waals surface area contributed by atoms with Gasteiger partial charge < -0.3 is 4.90 Å². The van der Waals surface area contributed by atoms with E-state index in [0.717, 1.165) is 9.92 Å². The van der Waals surface area contributed by atoms with E-state index in [2.05, 4.69) is 43.2 Å². The van der Waals surface area contributed by atoms with E-state index in [1.165, 1.54) is 10.2 Å². The van der Waals surface area contributed by atoms with E-state index in [0.29, 0.717) is 19.0 Å². The number of benzene rings is 1. The van der Waals surface area contributed by atoms with Crippen molar-refractivity contribution in [1.82, 2.24) is 14.7 Å². The zero-order valence-electron chi connectivity index (χ0n) is 13.6. The summed E-state index contributed by atoms with van der Waals surface area (Å²) in [5, 5.41) is 5.22. The highest BCUT2D eigenvalue weighted by Crippen LogP contribution is 2.28. The molecule has 0 aliphatic carbocycles. The van der Waals surface area contributed by atoms with Crippen LogP contribution in [0.1, 0.15) is 39.2 Å². The zero-order valence-corrected chi connectivity index (χ0v) is 14.4. The summed E-state index contributed by atoms with van der Waals surface area (Å²) in [5.74, 6) is 0.502. The summed E-state index contributed by atoms with van der Waals surface area (Å²) < 4.78 is 1.42. The van der Waals surface area contributed by atoms with Crippen LogP contribution in [-0.2, 0) is 0 Å². The third-order valence-corrected chi connectivity index (χ3v) is 4.46. The molecule has 0 saturated heterocycles. The highest BCUT2D eigenvalue weighted by molar-refractivity contribution is 7.99. The Balaban J connectivity index is 2.12. The molecule has 0 spiro atoms. The van der Waals surface area contributed by atoms with Gasteiger partial charge in [0.15, 0.2) is 0 Å². The van der Waals surface area contributed by atoms with Crippen molar-refractivity contribution in [2.24, 2.45) is 0 Å². The van der Waals surface area contributed by atoms with E-state index < -0.39 is 0 Å². The van der Waals surface area contributed by atoms with Gasteiger partial charge in [0, 0.05) is 24.2 Å². The lowest BCUT2D eigenvalue weighted by Gasteiger charge is -2.17. The molecule has 0 unspecified atom stereocenters. The van der Waals surface area contributed by atoms with E-state index in [1.807, 2.05) is 19.9 Å². The van der Waals surface area contributed by atoms with Gasteiger partial charge in [0.25, 0.3) is 0 Å². The number of rotatable bonds is 5. The van der Waals surface area contributed by atoms with E-state index in [1.54, 1.807) is 22.9 Å². The number of nitrogens with zero attached hydrogens (tertiary/aromatic N) is 3. The molecule has 4 nitrogen and oxygen atoms in total. The molecule has 2 aromatic rings. The van der Waals surface area contributed by atoms with Crippen molar-refractivity contribution >= 4 is 17.8 Å². The molecule has 0 aliphatic heterocycles. The van der Waals surface area contributed by atoms with Crippen molar-refractivity contribution in [2.45, 2.75) is 43.5 Å². The molecule has 1 aromatic carbocycles. The molecule has 118 valence electrons. The second-order valence-electron chi connectivity index (χ2n) is 5.38. The molecule has 22 heavy (non-hydrogen) atoms. The smallest absolute Gasteiger partial charge is 0.323 e. The van der Waals surface area contributed by atoms with Crippen LogP contribution < -0.4 is 0 Å². The van der Waals surface area contributed by atoms with Gasteiger partial charge in [-0.15, -0.1) is 0 Å². The predicted octanol–water partition coefficient (Wildman–Crippen LogP) is 4.47. The summed E-state index contributed by atoms with van der Waals surface area (Å²) in [6, 6.07) is 10.3. The average Bonchev–Trinajstić information content (AvgIpc) is 2.97. The third kappa shape index (κ3) is 3.91. The molecule has 0 atom stereocenters. The fourth-order valence-corrected chi connectivity index (χ4v) is 3.01. The van der Waals surface area contributed by atoms with Gasteiger partial charge >= 0.3 is 6.03 Å². The SMILES string of the molecule is CCN(CC)C(=O)n1ccc(Sc2cccc(C(C)C)c2)n1. The Bertz CT molecular complexity index is 632. The largest absolute Gasteiger partial charge is 0.344 e. The first-order chi connectivity index (χ1) is 10.5. The average molecular weight is 317 g/mol. The fraction of sp³-hybridized carbons (Fsp3) is 0.412. The fourth-order valence-electron chi connectivity index (χ4n) is 2.17. The Labute approximate surface area is 136 Å². The lowest BCUT2D eigenvalue weighted by atomic mass is 10.0. The first-order valence-corrected chi connectivity index (χ1v) is 8.49. The second-order valence-corrected chi connectivity index (χ2v) is 6.48. The van der Waals surface area contributed by atoms with E-state index in [4.69, 9.17) is 0 Å². The lowest BCUT2D eigenvalue weighted by Crippen LogP contribution is -2.34. The number of amides is 1. The third-order valence-electron chi connectivity index (χ3n) is 3.54. The van der Waals surface area contributed by atoms with Gasteiger partial charge in [0.2, 0.25) is 0 Å². The number of hydrogen-bond acceptors (Lipinski definition) is 3. The van der Waals surface area contributed by atoms with Gasteiger partial charge in [-0.2, -0.15) is 9.78 Å². The quantitative estimate of drug-likeness (QED) is 0.816. The van der Waals surface area contributed by atoms with Crippen molar-refractivity contribution in [2.75, 3.05) is 13.1 Å². The van der Waals surface area contributed by atoms with Crippen LogP contribution in [0.25, 0.3) is 0 Å². The predicted molar refractivity (Wildman–Crippen MR) is 90.6 cm³/mol. The molecule has 0 saturated carbocycles. The Kier molecular flexibility index (Phi) is 5.66. The molecule has 0 bridgehead atoms. The number of aromatic nitrogens is 2. The molecule has 0 aliphatic rings. The minimum atomic E-state index is -0.0761. The maximum absolute atomic E-state index is 12.2. The Hall–Kier alpha value is -1.75. The van der Waals surface area contributed by atoms with Crippen molar-refractivity contribution in [1.29, 1.82) is 0 Å². The highest BCUT2D eigenvalue weighted by Gasteiger charge is 2.13. The Morgan fingerprint density at radius 2 is 2.00 bits per heavy atom. The summed E-state index contributed by atoms with van der Waals surface area (Å²) in [4.78, 5) is 15.1. The van der Waals surface area contributed by atoms with Crippen LogP contribution in [0.15, 0.2) is 46.5 Å². The van der Waals surface area contributed by atoms with Crippen LogP contribution in [0.3, 0.4) is 0 Å². The molecule has 1 aromatic heterocycles. The molecular weight excluding hydrogens is 294 g/mol. The van der Waals surface area contributed by atoms with Crippen LogP contribution in [0, 0.1) is 0 Å². The van der Waals surface area contributed by atoms with Gasteiger partial charge in [0.05, 0.1) is 0 Å². The van der Waals surface area contributed by atoms with Crippen LogP contribution in [-0.4, -0.2) is 33.8 Å². The first-order valence-electron chi connectivity index (χ1n) is 7.67. The van der Waals surface area contributed by atoms with Crippen LogP contribution in [0.5, 0.6) is 0 Å². The van der Waals surface area contributed by atoms with E-state index in [-0.39, 0.29) is 6.03 Å². The minimum absolute atomic E-state index is 0.0761. The van der Waals surface area contributed by atoms with Crippen LogP contribution in [0.2, 0.25) is 0 Å². The van der Waals surface area contributed by atoms with Crippen molar-refractivity contribution < 1.29 is 4.79 Å². The molecule has 1 amide bonds. The van der Waals surface area contributed by atoms with Crippen molar-refractivity contribution in [3.8, 4) is 0 Å². The second kappa shape index (κ2) is 7.49. The molecular formula is C17H23N3OS. The zero-order chi connectivity index (χ0) is 16.1. The molecule has 1 heterocycles. The number of carbonyl (C=O) groups is 1. The molecule has 0 N–H and O–H groups in total. The van der Waals surface area contributed by atoms with Gasteiger partial charge in [-0.3, -0.25) is 0 Å². The summed E-state index contributed by atoms with van der Waals surface area (Å²) in [7, 11) is 0. The summed E-state index contributed by atoms with van der Waals surface area (Å²) >= 11 is 1.58. The standard InChI is InChI=1S/C17H23N3OS/c1-5-19(6-2)17(21)20-11-10-16(18-20)22-15-9-7-8-14(12-15)13(3)4/h7-13H,5-6H2,1-4H3. The summed E-state index contributed by atoms with van der Waals surface area (Å²) in [6.07, 6.45) is 1.73. The minimum Gasteiger partial charge on any atom is -0.323 e. The molecule has 5 heteroatoms. The highest BCUT2D eigenvalue weighted by atomic mass is 32.2. The maximum Gasteiger partial charge on any atom is 0.344 e. The molecule has 2 rings (SSSR count). The van der Waals surface area contributed by atoms with Gasteiger partial charge in [-0.05, 0) is 43.5 Å². The maximum atomic E-state index is 12.2. The van der Waals surface area contributed by atoms with Crippen molar-refractivity contribution in [3.05, 3.63) is 42.1 Å². The summed E-state index contributed by atoms with van der Waals surface area (Å²) in [6.45, 7) is 9.68. The molecule has 0 radical (unpaired) electrons.